The predicted molar refractivity (Wildman–Crippen MR) is 120 cm³/mol. The molecule has 0 radical (unpaired) electrons. The Balaban J connectivity index is 1.86. The fraction of sp³-hybridized carbons (Fsp3) is 0.217. The Morgan fingerprint density at radius 3 is 1.71 bits per heavy atom. The van der Waals surface area contributed by atoms with Crippen molar-refractivity contribution in [3.63, 3.8) is 0 Å². The molecule has 0 spiro atoms. The molecule has 0 saturated heterocycles. The van der Waals surface area contributed by atoms with Gasteiger partial charge in [-0.05, 0) is 67.6 Å². The van der Waals surface area contributed by atoms with Crippen LogP contribution in [0, 0.1) is 0 Å². The van der Waals surface area contributed by atoms with Crippen molar-refractivity contribution >= 4 is 21.0 Å². The summed E-state index contributed by atoms with van der Waals surface area (Å²) in [6.07, 6.45) is -6.61. The Bertz CT molecular complexity index is 1220. The molecule has 0 bridgehead atoms. The van der Waals surface area contributed by atoms with E-state index in [-0.39, 0.29) is 11.5 Å². The van der Waals surface area contributed by atoms with Gasteiger partial charge >= 0.3 is 21.5 Å². The molecule has 3 aromatic rings. The molecule has 0 heterocycles. The first-order valence-electron chi connectivity index (χ1n) is 9.98. The van der Waals surface area contributed by atoms with Gasteiger partial charge in [0.1, 0.15) is 11.5 Å². The molecule has 0 aliphatic rings. The Morgan fingerprint density at radius 2 is 1.26 bits per heavy atom. The molecule has 188 valence electrons. The molecule has 0 aliphatic heterocycles. The first kappa shape index (κ1) is 26.8. The van der Waals surface area contributed by atoms with Crippen molar-refractivity contribution in [3.8, 4) is 11.5 Å². The van der Waals surface area contributed by atoms with Crippen molar-refractivity contribution < 1.29 is 44.4 Å². The lowest BCUT2D eigenvalue weighted by Crippen LogP contribution is -2.42. The fourth-order valence-electron chi connectivity index (χ4n) is 2.94. The van der Waals surface area contributed by atoms with Crippen LogP contribution in [0.1, 0.15) is 6.92 Å². The summed E-state index contributed by atoms with van der Waals surface area (Å²) in [7, 11) is -6.37. The molecule has 12 heteroatoms. The average molecular weight is 536 g/mol. The van der Waals surface area contributed by atoms with E-state index in [0.29, 0.717) is 0 Å². The van der Waals surface area contributed by atoms with E-state index in [1.807, 2.05) is 30.3 Å². The average Bonchev–Trinajstić information content (AvgIpc) is 2.79. The summed E-state index contributed by atoms with van der Waals surface area (Å²) in [4.78, 5) is 2.38. The lowest BCUT2D eigenvalue weighted by Gasteiger charge is -2.21. The molecule has 2 unspecified atom stereocenters. The monoisotopic (exact) mass is 535 g/mol. The second kappa shape index (κ2) is 10.4. The van der Waals surface area contributed by atoms with Gasteiger partial charge in [-0.1, -0.05) is 18.2 Å². The zero-order valence-corrected chi connectivity index (χ0v) is 19.7. The van der Waals surface area contributed by atoms with Gasteiger partial charge in [0, 0.05) is 0 Å². The van der Waals surface area contributed by atoms with Crippen molar-refractivity contribution in [2.45, 2.75) is 39.1 Å². The van der Waals surface area contributed by atoms with Crippen molar-refractivity contribution in [2.75, 3.05) is 6.61 Å². The van der Waals surface area contributed by atoms with E-state index in [9.17, 15) is 30.4 Å². The number of halogens is 5. The standard InChI is InChI=1S/C23H19F5O5S2/c1-16(23(27,28)35(29,30)31)33-18-9-13-21(14-10-18)34(19-5-3-2-4-6-19)20-11-7-17(8-12-20)32-15-22(24,25)26/h2-14,16H,15H2,1H3/p+1. The maximum Gasteiger partial charge on any atom is 0.422 e. The van der Waals surface area contributed by atoms with Gasteiger partial charge in [0.2, 0.25) is 0 Å². The van der Waals surface area contributed by atoms with Crippen LogP contribution in [-0.2, 0) is 21.0 Å². The van der Waals surface area contributed by atoms with E-state index in [2.05, 4.69) is 0 Å². The molecular weight excluding hydrogens is 515 g/mol. The van der Waals surface area contributed by atoms with Crippen LogP contribution in [0.25, 0.3) is 0 Å². The zero-order valence-electron chi connectivity index (χ0n) is 18.1. The Morgan fingerprint density at radius 1 is 0.800 bits per heavy atom. The highest BCUT2D eigenvalue weighted by Crippen LogP contribution is 2.34. The van der Waals surface area contributed by atoms with Gasteiger partial charge in [0.25, 0.3) is 0 Å². The summed E-state index contributed by atoms with van der Waals surface area (Å²) in [6.45, 7) is -0.591. The van der Waals surface area contributed by atoms with Crippen LogP contribution >= 0.6 is 0 Å². The number of rotatable bonds is 9. The summed E-state index contributed by atoms with van der Waals surface area (Å²) in [5, 5.41) is -4.50. The van der Waals surface area contributed by atoms with E-state index in [0.717, 1.165) is 21.6 Å². The number of hydrogen-bond acceptors (Lipinski definition) is 4. The van der Waals surface area contributed by atoms with Crippen LogP contribution < -0.4 is 9.47 Å². The number of hydrogen-bond donors (Lipinski definition) is 1. The van der Waals surface area contributed by atoms with Crippen LogP contribution in [0.5, 0.6) is 11.5 Å². The maximum absolute atomic E-state index is 13.8. The summed E-state index contributed by atoms with van der Waals surface area (Å²) in [6, 6.07) is 21.4. The second-order valence-corrected chi connectivity index (χ2v) is 10.8. The van der Waals surface area contributed by atoms with Crippen molar-refractivity contribution in [1.29, 1.82) is 0 Å². The molecule has 0 saturated carbocycles. The van der Waals surface area contributed by atoms with Gasteiger partial charge in [0.05, 0.1) is 10.9 Å². The van der Waals surface area contributed by atoms with Gasteiger partial charge in [-0.3, -0.25) is 4.55 Å². The summed E-state index contributed by atoms with van der Waals surface area (Å²) < 4.78 is 105. The van der Waals surface area contributed by atoms with Gasteiger partial charge in [-0.25, -0.2) is 0 Å². The van der Waals surface area contributed by atoms with Crippen molar-refractivity contribution in [2.24, 2.45) is 0 Å². The van der Waals surface area contributed by atoms with Crippen LogP contribution in [0.15, 0.2) is 93.5 Å². The largest absolute Gasteiger partial charge is 0.484 e. The van der Waals surface area contributed by atoms with Crippen LogP contribution in [0.3, 0.4) is 0 Å². The SMILES string of the molecule is CC(Oc1ccc([S+](c2ccccc2)c2ccc(OCC(F)(F)F)cc2)cc1)C(F)(F)S(=O)(=O)O. The molecule has 0 aromatic heterocycles. The highest BCUT2D eigenvalue weighted by atomic mass is 32.2. The van der Waals surface area contributed by atoms with E-state index in [4.69, 9.17) is 14.0 Å². The second-order valence-electron chi connectivity index (χ2n) is 7.26. The molecule has 0 amide bonds. The van der Waals surface area contributed by atoms with E-state index in [1.54, 1.807) is 24.3 Å². The molecular formula is C23H20F5O5S2+. The van der Waals surface area contributed by atoms with Gasteiger partial charge < -0.3 is 9.47 Å². The van der Waals surface area contributed by atoms with Crippen LogP contribution in [0.4, 0.5) is 22.0 Å². The topological polar surface area (TPSA) is 72.8 Å². The minimum Gasteiger partial charge on any atom is -0.484 e. The molecule has 0 aliphatic carbocycles. The Hall–Kier alpha value is -2.83. The van der Waals surface area contributed by atoms with Crippen molar-refractivity contribution in [1.82, 2.24) is 0 Å². The first-order valence-corrected chi connectivity index (χ1v) is 12.6. The third-order valence-electron chi connectivity index (χ3n) is 4.63. The number of benzene rings is 3. The van der Waals surface area contributed by atoms with Gasteiger partial charge in [-0.15, -0.1) is 0 Å². The third-order valence-corrected chi connectivity index (χ3v) is 7.88. The summed E-state index contributed by atoms with van der Waals surface area (Å²) >= 11 is 0. The fourth-order valence-corrected chi connectivity index (χ4v) is 5.47. The summed E-state index contributed by atoms with van der Waals surface area (Å²) in [5.41, 5.74) is 0. The lowest BCUT2D eigenvalue weighted by molar-refractivity contribution is -0.153. The van der Waals surface area contributed by atoms with E-state index < -0.39 is 45.2 Å². The first-order chi connectivity index (χ1) is 16.3. The van der Waals surface area contributed by atoms with Crippen LogP contribution in [0.2, 0.25) is 0 Å². The Kier molecular flexibility index (Phi) is 7.97. The zero-order chi connectivity index (χ0) is 25.9. The minimum atomic E-state index is -5.66. The number of alkyl halides is 5. The molecule has 5 nitrogen and oxygen atoms in total. The number of ether oxygens (including phenoxy) is 2. The van der Waals surface area contributed by atoms with Gasteiger partial charge in [0.15, 0.2) is 27.4 Å². The molecule has 3 rings (SSSR count). The maximum atomic E-state index is 13.8. The molecule has 0 fully saturated rings. The highest BCUT2D eigenvalue weighted by molar-refractivity contribution is 7.97. The predicted octanol–water partition coefficient (Wildman–Crippen LogP) is 5.97. The molecule has 35 heavy (non-hydrogen) atoms. The lowest BCUT2D eigenvalue weighted by atomic mass is 10.3. The highest BCUT2D eigenvalue weighted by Gasteiger charge is 2.51. The van der Waals surface area contributed by atoms with Gasteiger partial charge in [-0.2, -0.15) is 30.4 Å². The smallest absolute Gasteiger partial charge is 0.422 e. The summed E-state index contributed by atoms with van der Waals surface area (Å²) in [5.74, 6) is 0.0114. The minimum absolute atomic E-state index is 0.0444. The third kappa shape index (κ3) is 6.86. The Labute approximate surface area is 201 Å². The quantitative estimate of drug-likeness (QED) is 0.208. The molecule has 2 atom stereocenters. The molecule has 3 aromatic carbocycles. The molecule has 1 N–H and O–H groups in total. The van der Waals surface area contributed by atoms with E-state index >= 15 is 0 Å². The van der Waals surface area contributed by atoms with Crippen LogP contribution in [-0.4, -0.2) is 37.1 Å². The van der Waals surface area contributed by atoms with Crippen molar-refractivity contribution in [3.05, 3.63) is 78.9 Å². The van der Waals surface area contributed by atoms with E-state index in [1.165, 1.54) is 24.3 Å². The normalized spacial score (nSPS) is 14.3.